The normalized spacial score (nSPS) is 16.7. The van der Waals surface area contributed by atoms with E-state index < -0.39 is 0 Å². The summed E-state index contributed by atoms with van der Waals surface area (Å²) in [7, 11) is 0. The van der Waals surface area contributed by atoms with Crippen LogP contribution >= 0.6 is 0 Å². The van der Waals surface area contributed by atoms with Gasteiger partial charge in [-0.05, 0) is 25.3 Å². The number of hydrogen-bond acceptors (Lipinski definition) is 4. The minimum atomic E-state index is -0.0186. The Hall–Kier alpha value is -1.68. The molecule has 2 aromatic rings. The fourth-order valence-corrected chi connectivity index (χ4v) is 2.22. The summed E-state index contributed by atoms with van der Waals surface area (Å²) in [6.45, 7) is 3.00. The van der Waals surface area contributed by atoms with E-state index in [1.807, 2.05) is 13.0 Å². The van der Waals surface area contributed by atoms with Crippen LogP contribution < -0.4 is 0 Å². The molecule has 94 valence electrons. The lowest BCUT2D eigenvalue weighted by atomic mass is 9.95. The lowest BCUT2D eigenvalue weighted by Gasteiger charge is -2.09. The molecular formula is C14H16N2O2. The summed E-state index contributed by atoms with van der Waals surface area (Å²) in [5.74, 6) is 1.36. The Morgan fingerprint density at radius 2 is 2.06 bits per heavy atom. The Morgan fingerprint density at radius 3 is 2.72 bits per heavy atom. The summed E-state index contributed by atoms with van der Waals surface area (Å²) in [6.07, 6.45) is 2.18. The second kappa shape index (κ2) is 4.53. The van der Waals surface area contributed by atoms with E-state index in [2.05, 4.69) is 34.4 Å². The first-order valence-electron chi connectivity index (χ1n) is 6.31. The second-order valence-electron chi connectivity index (χ2n) is 4.60. The zero-order valence-electron chi connectivity index (χ0n) is 10.4. The van der Waals surface area contributed by atoms with E-state index in [1.165, 1.54) is 5.56 Å². The molecule has 1 saturated carbocycles. The molecule has 0 N–H and O–H groups in total. The van der Waals surface area contributed by atoms with Gasteiger partial charge in [-0.15, -0.1) is 0 Å². The standard InChI is InChI=1S/C14H16N2O2/c1-2-17-10-12-15-13(16-18-12)14(8-9-14)11-6-4-3-5-7-11/h3-7H,2,8-10H2,1H3. The Morgan fingerprint density at radius 1 is 1.28 bits per heavy atom. The second-order valence-corrected chi connectivity index (χ2v) is 4.60. The van der Waals surface area contributed by atoms with E-state index >= 15 is 0 Å². The lowest BCUT2D eigenvalue weighted by Crippen LogP contribution is -2.10. The third-order valence-corrected chi connectivity index (χ3v) is 3.40. The van der Waals surface area contributed by atoms with Gasteiger partial charge in [-0.25, -0.2) is 0 Å². The van der Waals surface area contributed by atoms with Crippen molar-refractivity contribution in [3.8, 4) is 0 Å². The maximum atomic E-state index is 5.28. The number of ether oxygens (including phenoxy) is 1. The Balaban J connectivity index is 1.84. The van der Waals surface area contributed by atoms with Gasteiger partial charge in [-0.1, -0.05) is 35.5 Å². The van der Waals surface area contributed by atoms with Crippen molar-refractivity contribution in [3.05, 3.63) is 47.6 Å². The molecule has 0 unspecified atom stereocenters. The van der Waals surface area contributed by atoms with Crippen molar-refractivity contribution in [1.29, 1.82) is 0 Å². The van der Waals surface area contributed by atoms with Gasteiger partial charge in [0.05, 0.1) is 5.41 Å². The predicted molar refractivity (Wildman–Crippen MR) is 66.1 cm³/mol. The summed E-state index contributed by atoms with van der Waals surface area (Å²) in [5, 5.41) is 4.11. The van der Waals surface area contributed by atoms with E-state index in [9.17, 15) is 0 Å². The van der Waals surface area contributed by atoms with Gasteiger partial charge in [0.15, 0.2) is 5.82 Å². The molecule has 0 amide bonds. The average Bonchev–Trinajstić information content (AvgIpc) is 3.10. The van der Waals surface area contributed by atoms with Crippen LogP contribution in [-0.2, 0) is 16.8 Å². The number of aromatic nitrogens is 2. The van der Waals surface area contributed by atoms with Crippen LogP contribution in [0.15, 0.2) is 34.9 Å². The van der Waals surface area contributed by atoms with Gasteiger partial charge in [0, 0.05) is 6.61 Å². The van der Waals surface area contributed by atoms with Crippen molar-refractivity contribution in [2.75, 3.05) is 6.61 Å². The maximum Gasteiger partial charge on any atom is 0.252 e. The fraction of sp³-hybridized carbons (Fsp3) is 0.429. The lowest BCUT2D eigenvalue weighted by molar-refractivity contribution is 0.109. The number of benzene rings is 1. The van der Waals surface area contributed by atoms with E-state index in [4.69, 9.17) is 9.26 Å². The molecule has 1 heterocycles. The molecule has 0 bridgehead atoms. The van der Waals surface area contributed by atoms with Crippen molar-refractivity contribution in [2.45, 2.75) is 31.8 Å². The van der Waals surface area contributed by atoms with Crippen LogP contribution in [0.5, 0.6) is 0 Å². The molecule has 1 fully saturated rings. The van der Waals surface area contributed by atoms with Crippen molar-refractivity contribution in [2.24, 2.45) is 0 Å². The Kier molecular flexibility index (Phi) is 2.88. The number of hydrogen-bond donors (Lipinski definition) is 0. The van der Waals surface area contributed by atoms with Gasteiger partial charge in [0.1, 0.15) is 6.61 Å². The van der Waals surface area contributed by atoms with Gasteiger partial charge in [0.25, 0.3) is 5.89 Å². The molecule has 0 atom stereocenters. The van der Waals surface area contributed by atoms with Crippen LogP contribution in [0.1, 0.15) is 37.0 Å². The molecule has 4 heteroatoms. The van der Waals surface area contributed by atoms with Crippen molar-refractivity contribution in [1.82, 2.24) is 10.1 Å². The average molecular weight is 244 g/mol. The molecule has 4 nitrogen and oxygen atoms in total. The van der Waals surface area contributed by atoms with Gasteiger partial charge in [-0.2, -0.15) is 4.98 Å². The molecule has 1 aromatic heterocycles. The third kappa shape index (κ3) is 1.93. The molecule has 0 radical (unpaired) electrons. The van der Waals surface area contributed by atoms with Crippen LogP contribution in [0.2, 0.25) is 0 Å². The van der Waals surface area contributed by atoms with E-state index in [0.717, 1.165) is 18.7 Å². The zero-order valence-corrected chi connectivity index (χ0v) is 10.4. The van der Waals surface area contributed by atoms with Crippen LogP contribution in [0.3, 0.4) is 0 Å². The molecule has 1 aromatic carbocycles. The number of nitrogens with zero attached hydrogens (tertiary/aromatic N) is 2. The topological polar surface area (TPSA) is 48.2 Å². The first kappa shape index (κ1) is 11.4. The molecule has 0 spiro atoms. The summed E-state index contributed by atoms with van der Waals surface area (Å²) in [6, 6.07) is 10.4. The summed E-state index contributed by atoms with van der Waals surface area (Å²) < 4.78 is 10.5. The fourth-order valence-electron chi connectivity index (χ4n) is 2.22. The summed E-state index contributed by atoms with van der Waals surface area (Å²) in [5.41, 5.74) is 1.25. The van der Waals surface area contributed by atoms with Crippen LogP contribution in [0.25, 0.3) is 0 Å². The first-order valence-corrected chi connectivity index (χ1v) is 6.31. The molecule has 1 aliphatic carbocycles. The molecule has 1 aliphatic rings. The van der Waals surface area contributed by atoms with Crippen molar-refractivity contribution >= 4 is 0 Å². The quantitative estimate of drug-likeness (QED) is 0.811. The maximum absolute atomic E-state index is 5.28. The van der Waals surface area contributed by atoms with E-state index in [1.54, 1.807) is 0 Å². The monoisotopic (exact) mass is 244 g/mol. The third-order valence-electron chi connectivity index (χ3n) is 3.40. The molecular weight excluding hydrogens is 228 g/mol. The molecule has 0 aliphatic heterocycles. The molecule has 18 heavy (non-hydrogen) atoms. The van der Waals surface area contributed by atoms with Gasteiger partial charge in [0.2, 0.25) is 0 Å². The Labute approximate surface area is 106 Å². The highest BCUT2D eigenvalue weighted by atomic mass is 16.5. The van der Waals surface area contributed by atoms with Gasteiger partial charge >= 0.3 is 0 Å². The van der Waals surface area contributed by atoms with E-state index in [-0.39, 0.29) is 5.41 Å². The smallest absolute Gasteiger partial charge is 0.252 e. The molecule has 0 saturated heterocycles. The first-order chi connectivity index (χ1) is 8.85. The van der Waals surface area contributed by atoms with Crippen molar-refractivity contribution in [3.63, 3.8) is 0 Å². The minimum Gasteiger partial charge on any atom is -0.372 e. The number of rotatable bonds is 5. The van der Waals surface area contributed by atoms with Crippen LogP contribution in [-0.4, -0.2) is 16.7 Å². The summed E-state index contributed by atoms with van der Waals surface area (Å²) in [4.78, 5) is 4.46. The minimum absolute atomic E-state index is 0.0186. The summed E-state index contributed by atoms with van der Waals surface area (Å²) >= 11 is 0. The molecule has 3 rings (SSSR count). The van der Waals surface area contributed by atoms with Gasteiger partial charge in [-0.3, -0.25) is 0 Å². The van der Waals surface area contributed by atoms with E-state index in [0.29, 0.717) is 19.1 Å². The largest absolute Gasteiger partial charge is 0.372 e. The Bertz CT molecular complexity index is 518. The highest BCUT2D eigenvalue weighted by Gasteiger charge is 2.49. The van der Waals surface area contributed by atoms with Crippen LogP contribution in [0.4, 0.5) is 0 Å². The van der Waals surface area contributed by atoms with Crippen molar-refractivity contribution < 1.29 is 9.26 Å². The predicted octanol–water partition coefficient (Wildman–Crippen LogP) is 2.69. The van der Waals surface area contributed by atoms with Crippen LogP contribution in [0, 0.1) is 0 Å². The highest BCUT2D eigenvalue weighted by Crippen LogP contribution is 2.52. The van der Waals surface area contributed by atoms with Gasteiger partial charge < -0.3 is 9.26 Å². The highest BCUT2D eigenvalue weighted by molar-refractivity contribution is 5.38. The zero-order chi connectivity index (χ0) is 12.4. The SMILES string of the molecule is CCOCc1nc(C2(c3ccccc3)CC2)no1.